The number of nitrogens with one attached hydrogen (secondary N) is 1. The number of likely N-dealkylation sites (tertiary alicyclic amines) is 1. The molecule has 5 rings (SSSR count). The second kappa shape index (κ2) is 8.38. The summed E-state index contributed by atoms with van der Waals surface area (Å²) < 4.78 is 0.136. The van der Waals surface area contributed by atoms with E-state index in [1.54, 1.807) is 18.2 Å². The van der Waals surface area contributed by atoms with Crippen LogP contribution in [0, 0.1) is 5.92 Å². The molecule has 2 aromatic carbocycles. The molecule has 1 amide bonds. The van der Waals surface area contributed by atoms with Crippen molar-refractivity contribution in [1.29, 1.82) is 0 Å². The first-order valence-electron chi connectivity index (χ1n) is 10.6. The number of aromatic nitrogens is 1. The van der Waals surface area contributed by atoms with E-state index >= 15 is 0 Å². The van der Waals surface area contributed by atoms with Crippen LogP contribution in [0.3, 0.4) is 0 Å². The Hall–Kier alpha value is -2.05. The summed E-state index contributed by atoms with van der Waals surface area (Å²) in [5, 5.41) is 4.80. The summed E-state index contributed by atoms with van der Waals surface area (Å²) in [6.45, 7) is 1.85. The van der Waals surface area contributed by atoms with Crippen molar-refractivity contribution in [3.63, 3.8) is 0 Å². The second-order valence-corrected chi connectivity index (χ2v) is 11.0. The van der Waals surface area contributed by atoms with Gasteiger partial charge in [0.2, 0.25) is 3.79 Å². The zero-order chi connectivity index (χ0) is 22.5. The third-order valence-corrected chi connectivity index (χ3v) is 7.11. The summed E-state index contributed by atoms with van der Waals surface area (Å²) in [6, 6.07) is 18.7. The highest BCUT2D eigenvalue weighted by Gasteiger charge is 2.44. The van der Waals surface area contributed by atoms with Crippen LogP contribution in [0.25, 0.3) is 10.8 Å². The molecule has 0 saturated carbocycles. The molecule has 3 aromatic rings. The molecule has 2 bridgehead atoms. The molecule has 0 radical (unpaired) electrons. The van der Waals surface area contributed by atoms with Gasteiger partial charge in [-0.05, 0) is 35.2 Å². The van der Waals surface area contributed by atoms with Gasteiger partial charge in [0, 0.05) is 42.9 Å². The van der Waals surface area contributed by atoms with Gasteiger partial charge >= 0.3 is 0 Å². The quantitative estimate of drug-likeness (QED) is 0.548. The number of hydrogen-bond donors (Lipinski definition) is 1. The van der Waals surface area contributed by atoms with Crippen molar-refractivity contribution in [2.24, 2.45) is 5.92 Å². The van der Waals surface area contributed by atoms with E-state index in [0.29, 0.717) is 25.2 Å². The van der Waals surface area contributed by atoms with E-state index in [9.17, 15) is 9.59 Å². The largest absolute Gasteiger partial charge is 0.332 e. The van der Waals surface area contributed by atoms with Crippen LogP contribution in [0.4, 0.5) is 0 Å². The predicted octanol–water partition coefficient (Wildman–Crippen LogP) is 4.55. The summed E-state index contributed by atoms with van der Waals surface area (Å²) in [5.74, 6) is 0.0943. The first-order chi connectivity index (χ1) is 15.3. The van der Waals surface area contributed by atoms with Gasteiger partial charge in [0.1, 0.15) is 6.17 Å². The second-order valence-electron chi connectivity index (χ2n) is 8.60. The zero-order valence-electron chi connectivity index (χ0n) is 17.2. The van der Waals surface area contributed by atoms with Gasteiger partial charge in [-0.25, -0.2) is 0 Å². The van der Waals surface area contributed by atoms with Crippen molar-refractivity contribution in [1.82, 2.24) is 14.8 Å². The molecule has 1 N–H and O–H groups in total. The van der Waals surface area contributed by atoms with Crippen molar-refractivity contribution >= 4 is 51.5 Å². The van der Waals surface area contributed by atoms with Crippen LogP contribution < -0.4 is 10.9 Å². The number of halogens is 3. The van der Waals surface area contributed by atoms with E-state index in [4.69, 9.17) is 34.8 Å². The fourth-order valence-corrected chi connectivity index (χ4v) is 5.73. The molecule has 0 aliphatic carbocycles. The van der Waals surface area contributed by atoms with Crippen molar-refractivity contribution in [3.8, 4) is 0 Å². The van der Waals surface area contributed by atoms with E-state index in [-0.39, 0.29) is 23.3 Å². The highest BCUT2D eigenvalue weighted by atomic mass is 35.6. The molecule has 0 spiro atoms. The fourth-order valence-electron chi connectivity index (χ4n) is 5.15. The number of pyridine rings is 1. The normalized spacial score (nSPS) is 21.7. The van der Waals surface area contributed by atoms with Crippen molar-refractivity contribution in [2.45, 2.75) is 28.8 Å². The molecule has 3 heterocycles. The van der Waals surface area contributed by atoms with E-state index in [0.717, 1.165) is 22.9 Å². The van der Waals surface area contributed by atoms with Crippen LogP contribution in [0.5, 0.6) is 0 Å². The molecule has 1 fully saturated rings. The van der Waals surface area contributed by atoms with Crippen LogP contribution in [0.2, 0.25) is 0 Å². The maximum absolute atomic E-state index is 13.3. The van der Waals surface area contributed by atoms with Crippen molar-refractivity contribution in [2.75, 3.05) is 13.1 Å². The lowest BCUT2D eigenvalue weighted by atomic mass is 9.83. The van der Waals surface area contributed by atoms with E-state index in [2.05, 4.69) is 5.32 Å². The molecule has 2 aliphatic rings. The van der Waals surface area contributed by atoms with Crippen LogP contribution >= 0.6 is 34.8 Å². The predicted molar refractivity (Wildman–Crippen MR) is 129 cm³/mol. The Morgan fingerprint density at radius 2 is 1.72 bits per heavy atom. The monoisotopic (exact) mass is 489 g/mol. The maximum atomic E-state index is 13.3. The average molecular weight is 491 g/mol. The number of nitrogens with zero attached hydrogens (tertiary/aromatic N) is 2. The fraction of sp³-hybridized carbons (Fsp3) is 0.333. The number of rotatable bonds is 3. The standard InChI is InChI=1S/C24H22Cl3N3O2/c25-24(26,27)23(28-22(32)19-8-3-6-16-5-1-2-7-18(16)19)29-12-15-11-17(14-29)20-9-4-10-21(31)30(20)13-15/h1-10,15,17,23H,11-14H2,(H,28,32)/t15-,17+,23?/m1/s1. The summed E-state index contributed by atoms with van der Waals surface area (Å²) in [7, 11) is 0. The van der Waals surface area contributed by atoms with Gasteiger partial charge in [0.15, 0.2) is 0 Å². The Balaban J connectivity index is 1.44. The number of alkyl halides is 3. The van der Waals surface area contributed by atoms with Gasteiger partial charge in [-0.2, -0.15) is 0 Å². The topological polar surface area (TPSA) is 54.3 Å². The van der Waals surface area contributed by atoms with Crippen molar-refractivity contribution < 1.29 is 4.79 Å². The van der Waals surface area contributed by atoms with Gasteiger partial charge in [-0.1, -0.05) is 77.3 Å². The summed E-state index contributed by atoms with van der Waals surface area (Å²) in [5.41, 5.74) is 1.56. The number of benzene rings is 2. The lowest BCUT2D eigenvalue weighted by Gasteiger charge is -2.47. The molecule has 3 atom stereocenters. The third kappa shape index (κ3) is 4.03. The van der Waals surface area contributed by atoms with E-state index < -0.39 is 9.96 Å². The van der Waals surface area contributed by atoms with Gasteiger partial charge < -0.3 is 9.88 Å². The Labute approximate surface area is 200 Å². The minimum Gasteiger partial charge on any atom is -0.332 e. The lowest BCUT2D eigenvalue weighted by Crippen LogP contribution is -2.60. The molecular formula is C24H22Cl3N3O2. The molecule has 166 valence electrons. The molecule has 1 aromatic heterocycles. The summed E-state index contributed by atoms with van der Waals surface area (Å²) in [6.07, 6.45) is 0.176. The number of carbonyl (C=O) groups is 1. The van der Waals surface area contributed by atoms with Crippen LogP contribution in [-0.2, 0) is 6.54 Å². The molecule has 5 nitrogen and oxygen atoms in total. The van der Waals surface area contributed by atoms with Gasteiger partial charge in [-0.3, -0.25) is 14.5 Å². The SMILES string of the molecule is O=C(NC(N1C[C@H]2C[C@@H](C1)c1cccc(=O)n1C2)C(Cl)(Cl)Cl)c1cccc2ccccc12. The molecule has 1 unspecified atom stereocenters. The molecule has 1 saturated heterocycles. The van der Waals surface area contributed by atoms with Crippen molar-refractivity contribution in [3.05, 3.63) is 82.3 Å². The summed E-state index contributed by atoms with van der Waals surface area (Å²) >= 11 is 19.2. The van der Waals surface area contributed by atoms with Gasteiger partial charge in [0.05, 0.1) is 0 Å². The van der Waals surface area contributed by atoms with Gasteiger partial charge in [-0.15, -0.1) is 0 Å². The number of fused-ring (bicyclic) bond motifs is 5. The molecule has 32 heavy (non-hydrogen) atoms. The highest BCUT2D eigenvalue weighted by molar-refractivity contribution is 6.68. The first kappa shape index (κ1) is 21.8. The van der Waals surface area contributed by atoms with E-state index in [1.807, 2.05) is 51.9 Å². The van der Waals surface area contributed by atoms with Crippen LogP contribution in [0.1, 0.15) is 28.4 Å². The van der Waals surface area contributed by atoms with Crippen LogP contribution in [-0.4, -0.2) is 38.4 Å². The third-order valence-electron chi connectivity index (χ3n) is 6.49. The van der Waals surface area contributed by atoms with Gasteiger partial charge in [0.25, 0.3) is 11.5 Å². The Kier molecular flexibility index (Phi) is 5.70. The zero-order valence-corrected chi connectivity index (χ0v) is 19.4. The summed E-state index contributed by atoms with van der Waals surface area (Å²) in [4.78, 5) is 27.6. The number of piperidine rings is 1. The van der Waals surface area contributed by atoms with E-state index in [1.165, 1.54) is 0 Å². The van der Waals surface area contributed by atoms with Crippen LogP contribution in [0.15, 0.2) is 65.5 Å². The Morgan fingerprint density at radius 3 is 2.53 bits per heavy atom. The first-order valence-corrected chi connectivity index (χ1v) is 11.7. The molecule has 8 heteroatoms. The number of hydrogen-bond acceptors (Lipinski definition) is 3. The number of carbonyl (C=O) groups excluding carboxylic acids is 1. The Bertz CT molecular complexity index is 1230. The Morgan fingerprint density at radius 1 is 0.969 bits per heavy atom. The lowest BCUT2D eigenvalue weighted by molar-refractivity contribution is 0.0587. The average Bonchev–Trinajstić information content (AvgIpc) is 2.77. The highest BCUT2D eigenvalue weighted by Crippen LogP contribution is 2.40. The maximum Gasteiger partial charge on any atom is 0.253 e. The minimum atomic E-state index is -1.72. The molecular weight excluding hydrogens is 469 g/mol. The smallest absolute Gasteiger partial charge is 0.253 e. The minimum absolute atomic E-state index is 0.0211. The number of amides is 1. The molecule has 2 aliphatic heterocycles.